The zero-order valence-electron chi connectivity index (χ0n) is 20.6. The molecular weight excluding hydrogens is 588 g/mol. The van der Waals surface area contributed by atoms with E-state index in [0.717, 1.165) is 49.7 Å². The molecule has 0 N–H and O–H groups in total. The smallest absolute Gasteiger partial charge is 0.465 e. The van der Waals surface area contributed by atoms with Crippen LogP contribution in [0.2, 0.25) is 0 Å². The molecule has 0 aromatic rings. The first-order chi connectivity index (χ1) is 15.9. The van der Waals surface area contributed by atoms with E-state index in [1.54, 1.807) is 0 Å². The van der Waals surface area contributed by atoms with Gasteiger partial charge in [-0.2, -0.15) is 0 Å². The van der Waals surface area contributed by atoms with Crippen LogP contribution in [0, 0.1) is 22.7 Å². The van der Waals surface area contributed by atoms with E-state index in [2.05, 4.69) is 59.6 Å². The highest BCUT2D eigenvalue weighted by molar-refractivity contribution is 9.09. The van der Waals surface area contributed by atoms with Gasteiger partial charge in [0.15, 0.2) is 0 Å². The number of hydrogen-bond donors (Lipinski definition) is 0. The van der Waals surface area contributed by atoms with E-state index in [1.165, 1.54) is 0 Å². The Bertz CT molecular complexity index is 574. The predicted molar refractivity (Wildman–Crippen MR) is 132 cm³/mol. The van der Waals surface area contributed by atoms with E-state index >= 15 is 0 Å². The largest absolute Gasteiger partial charge is 0.762 e. The van der Waals surface area contributed by atoms with Crippen LogP contribution in [0.15, 0.2) is 0 Å². The Balaban J connectivity index is 0.000000294. The third kappa shape index (κ3) is 12.4. The first kappa shape index (κ1) is 32.2. The maximum absolute atomic E-state index is 11.4. The Morgan fingerprint density at radius 1 is 0.941 bits per heavy atom. The van der Waals surface area contributed by atoms with Crippen molar-refractivity contribution in [3.05, 3.63) is 0 Å². The van der Waals surface area contributed by atoms with Crippen molar-refractivity contribution in [3.63, 3.8) is 0 Å². The maximum Gasteiger partial charge on any atom is 0.762 e. The Kier molecular flexibility index (Phi) is 14.6. The summed E-state index contributed by atoms with van der Waals surface area (Å²) in [6, 6.07) is 0. The standard InChI is InChI=1S/2C11H19BrO3.BF3/c1-9(3-4-12)5-11-13-6-10(2,7-14-11)8-15-11;1-9(3-4-12)5-10(13)15-8-11(2)6-14-7-11;2-1(3)4/h2*9H,3-8H2,1-2H3;. The molecule has 4 rings (SSSR count). The number of fused-ring (bicyclic) bond motifs is 3. The van der Waals surface area contributed by atoms with Gasteiger partial charge in [-0.25, -0.2) is 0 Å². The van der Waals surface area contributed by atoms with Crippen molar-refractivity contribution < 1.29 is 41.4 Å². The second-order valence-corrected chi connectivity index (χ2v) is 11.7. The summed E-state index contributed by atoms with van der Waals surface area (Å²) in [6.07, 6.45) is 3.47. The fourth-order valence-electron chi connectivity index (χ4n) is 3.41. The van der Waals surface area contributed by atoms with Crippen LogP contribution in [-0.4, -0.2) is 69.8 Å². The maximum atomic E-state index is 11.4. The molecule has 34 heavy (non-hydrogen) atoms. The van der Waals surface area contributed by atoms with E-state index in [9.17, 15) is 17.7 Å². The van der Waals surface area contributed by atoms with E-state index in [-0.39, 0.29) is 16.8 Å². The van der Waals surface area contributed by atoms with Crippen LogP contribution in [0.25, 0.3) is 0 Å². The number of carbonyl (C=O) groups excluding carboxylic acids is 1. The number of halogens is 5. The van der Waals surface area contributed by atoms with E-state index < -0.39 is 13.5 Å². The van der Waals surface area contributed by atoms with Gasteiger partial charge in [0.05, 0.1) is 33.0 Å². The first-order valence-electron chi connectivity index (χ1n) is 11.6. The topological polar surface area (TPSA) is 63.2 Å². The zero-order chi connectivity index (χ0) is 25.8. The Hall–Kier alpha value is 0.125. The van der Waals surface area contributed by atoms with Crippen LogP contribution in [-0.2, 0) is 28.5 Å². The van der Waals surface area contributed by atoms with Gasteiger partial charge in [0.25, 0.3) is 5.97 Å². The first-order valence-corrected chi connectivity index (χ1v) is 13.8. The lowest BCUT2D eigenvalue weighted by molar-refractivity contribution is -0.470. The fourth-order valence-corrected chi connectivity index (χ4v) is 4.98. The lowest BCUT2D eigenvalue weighted by atomic mass is 9.90. The Labute approximate surface area is 218 Å². The van der Waals surface area contributed by atoms with Gasteiger partial charge in [0.2, 0.25) is 0 Å². The number of ether oxygens (including phenoxy) is 5. The van der Waals surface area contributed by atoms with E-state index in [4.69, 9.17) is 23.7 Å². The molecule has 0 spiro atoms. The molecule has 2 atom stereocenters. The molecule has 4 fully saturated rings. The van der Waals surface area contributed by atoms with Crippen molar-refractivity contribution in [2.45, 2.75) is 59.4 Å². The summed E-state index contributed by atoms with van der Waals surface area (Å²) in [4.78, 5) is 11.4. The number of esters is 1. The molecule has 2 bridgehead atoms. The van der Waals surface area contributed by atoms with Crippen molar-refractivity contribution in [2.24, 2.45) is 22.7 Å². The van der Waals surface area contributed by atoms with Crippen LogP contribution in [0.5, 0.6) is 0 Å². The van der Waals surface area contributed by atoms with E-state index in [0.29, 0.717) is 38.1 Å². The lowest BCUT2D eigenvalue weighted by Crippen LogP contribution is -2.59. The SMILES string of the molecule is CC(CCBr)CC(=O)OCC1(C)COC1.CC(CCBr)CC12OCC(C)(CO1)CO2.FB(F)F. The molecule has 6 nitrogen and oxygen atoms in total. The number of rotatable bonds is 10. The summed E-state index contributed by atoms with van der Waals surface area (Å²) in [5, 5.41) is 1.95. The fraction of sp³-hybridized carbons (Fsp3) is 0.955. The molecule has 200 valence electrons. The second kappa shape index (κ2) is 15.4. The summed E-state index contributed by atoms with van der Waals surface area (Å²) in [5.41, 5.74) is 0.134. The van der Waals surface area contributed by atoms with Gasteiger partial charge in [-0.3, -0.25) is 17.7 Å². The molecule has 4 heterocycles. The Morgan fingerprint density at radius 3 is 1.82 bits per heavy atom. The molecule has 0 aromatic carbocycles. The monoisotopic (exact) mass is 624 g/mol. The van der Waals surface area contributed by atoms with Gasteiger partial charge < -0.3 is 23.7 Å². The van der Waals surface area contributed by atoms with Crippen LogP contribution in [0.3, 0.4) is 0 Å². The molecule has 4 saturated heterocycles. The molecule has 4 aliphatic heterocycles. The van der Waals surface area contributed by atoms with Gasteiger partial charge in [-0.1, -0.05) is 59.6 Å². The van der Waals surface area contributed by atoms with E-state index in [1.807, 2.05) is 0 Å². The van der Waals surface area contributed by atoms with Crippen LogP contribution >= 0.6 is 31.9 Å². The quantitative estimate of drug-likeness (QED) is 0.174. The van der Waals surface area contributed by atoms with Crippen LogP contribution < -0.4 is 0 Å². The predicted octanol–water partition coefficient (Wildman–Crippen LogP) is 5.79. The summed E-state index contributed by atoms with van der Waals surface area (Å²) in [7, 11) is -3.67. The number of alkyl halides is 2. The van der Waals surface area contributed by atoms with Crippen molar-refractivity contribution in [3.8, 4) is 0 Å². The molecule has 0 amide bonds. The highest BCUT2D eigenvalue weighted by Gasteiger charge is 2.50. The normalized spacial score (nSPS) is 28.3. The summed E-state index contributed by atoms with van der Waals surface area (Å²) in [5.74, 6) is 0.116. The summed E-state index contributed by atoms with van der Waals surface area (Å²) < 4.78 is 56.5. The molecule has 0 saturated carbocycles. The van der Waals surface area contributed by atoms with Gasteiger partial charge in [-0.15, -0.1) is 0 Å². The van der Waals surface area contributed by atoms with Gasteiger partial charge in [-0.05, 0) is 24.7 Å². The summed E-state index contributed by atoms with van der Waals surface area (Å²) in [6.45, 7) is 12.7. The zero-order valence-corrected chi connectivity index (χ0v) is 23.7. The molecule has 0 aromatic heterocycles. The highest BCUT2D eigenvalue weighted by atomic mass is 79.9. The molecular formula is C22H38BBr2F3O6. The minimum atomic E-state index is -3.67. The number of hydrogen-bond acceptors (Lipinski definition) is 6. The second-order valence-electron chi connectivity index (χ2n) is 10.1. The van der Waals surface area contributed by atoms with Crippen LogP contribution in [0.1, 0.15) is 53.4 Å². The van der Waals surface area contributed by atoms with Crippen molar-refractivity contribution in [1.29, 1.82) is 0 Å². The minimum Gasteiger partial charge on any atom is -0.465 e. The lowest BCUT2D eigenvalue weighted by Gasteiger charge is -2.51. The third-order valence-electron chi connectivity index (χ3n) is 5.72. The molecule has 2 unspecified atom stereocenters. The van der Waals surface area contributed by atoms with Gasteiger partial charge in [0, 0.05) is 34.3 Å². The van der Waals surface area contributed by atoms with Crippen molar-refractivity contribution in [2.75, 3.05) is 50.3 Å². The van der Waals surface area contributed by atoms with Crippen molar-refractivity contribution in [1.82, 2.24) is 0 Å². The molecule has 0 aliphatic carbocycles. The average Bonchev–Trinajstić information content (AvgIpc) is 2.72. The number of carbonyl (C=O) groups is 1. The average molecular weight is 626 g/mol. The third-order valence-corrected chi connectivity index (χ3v) is 6.64. The Morgan fingerprint density at radius 2 is 1.41 bits per heavy atom. The van der Waals surface area contributed by atoms with Gasteiger partial charge >= 0.3 is 13.5 Å². The van der Waals surface area contributed by atoms with Crippen LogP contribution in [0.4, 0.5) is 12.9 Å². The van der Waals surface area contributed by atoms with Crippen molar-refractivity contribution >= 4 is 45.4 Å². The molecule has 12 heteroatoms. The van der Waals surface area contributed by atoms with Gasteiger partial charge in [0.1, 0.15) is 6.61 Å². The highest BCUT2D eigenvalue weighted by Crippen LogP contribution is 2.41. The molecule has 4 aliphatic rings. The molecule has 0 radical (unpaired) electrons. The minimum absolute atomic E-state index is 0.0638. The summed E-state index contributed by atoms with van der Waals surface area (Å²) >= 11 is 6.81.